The molecule has 0 aliphatic rings. The Morgan fingerprint density at radius 1 is 1.55 bits per heavy atom. The highest BCUT2D eigenvalue weighted by Gasteiger charge is 1.80. The third-order valence-electron chi connectivity index (χ3n) is 0.791. The van der Waals surface area contributed by atoms with E-state index >= 15 is 0 Å². The maximum absolute atomic E-state index is 8.25. The molecule has 58 valence electrons. The molecule has 1 aromatic rings. The van der Waals surface area contributed by atoms with Crippen LogP contribution in [0.1, 0.15) is 25.8 Å². The van der Waals surface area contributed by atoms with Crippen molar-refractivity contribution >= 4 is 0 Å². The van der Waals surface area contributed by atoms with Gasteiger partial charge < -0.3 is 0 Å². The van der Waals surface area contributed by atoms with Crippen LogP contribution in [0.3, 0.4) is 0 Å². The Bertz CT molecular complexity index is 211. The van der Waals surface area contributed by atoms with E-state index in [1.165, 1.54) is 12.6 Å². The van der Waals surface area contributed by atoms with Crippen LogP contribution in [-0.4, -0.2) is 4.98 Å². The van der Waals surface area contributed by atoms with Gasteiger partial charge in [0.25, 0.3) is 0 Å². The van der Waals surface area contributed by atoms with Crippen LogP contribution >= 0.6 is 0 Å². The normalized spacial score (nSPS) is 7.36. The lowest BCUT2D eigenvalue weighted by Gasteiger charge is -1.79. The zero-order chi connectivity index (χ0) is 8.53. The van der Waals surface area contributed by atoms with Gasteiger partial charge in [-0.25, -0.2) is 0 Å². The van der Waals surface area contributed by atoms with E-state index in [9.17, 15) is 0 Å². The van der Waals surface area contributed by atoms with Crippen LogP contribution in [-0.2, 0) is 0 Å². The summed E-state index contributed by atoms with van der Waals surface area (Å²) >= 11 is 0. The Hall–Kier alpha value is -1.36. The topological polar surface area (TPSA) is 36.7 Å². The standard InChI is InChI=1S/C6H4N2.C3H8/c7-4-6-2-1-3-8-5-6;1-3-2/h1-3,5H;3H2,1-2H3. The zero-order valence-corrected chi connectivity index (χ0v) is 6.91. The van der Waals surface area contributed by atoms with Crippen LogP contribution in [0.4, 0.5) is 0 Å². The summed E-state index contributed by atoms with van der Waals surface area (Å²) in [5, 5.41) is 8.25. The predicted molar refractivity (Wildman–Crippen MR) is 44.9 cm³/mol. The van der Waals surface area contributed by atoms with Crippen molar-refractivity contribution in [3.63, 3.8) is 0 Å². The number of nitrogens with zero attached hydrogens (tertiary/aromatic N) is 2. The first kappa shape index (κ1) is 9.64. The van der Waals surface area contributed by atoms with Gasteiger partial charge in [0.2, 0.25) is 0 Å². The molecule has 0 aliphatic heterocycles. The highest BCUT2D eigenvalue weighted by atomic mass is 14.6. The number of aromatic nitrogens is 1. The van der Waals surface area contributed by atoms with Crippen LogP contribution < -0.4 is 0 Å². The van der Waals surface area contributed by atoms with Gasteiger partial charge in [0, 0.05) is 12.4 Å². The number of nitriles is 1. The van der Waals surface area contributed by atoms with Crippen molar-refractivity contribution in [2.75, 3.05) is 0 Å². The molecule has 0 saturated heterocycles. The molecule has 0 fully saturated rings. The summed E-state index contributed by atoms with van der Waals surface area (Å²) < 4.78 is 0. The maximum Gasteiger partial charge on any atom is 0.101 e. The van der Waals surface area contributed by atoms with Gasteiger partial charge in [-0.2, -0.15) is 5.26 Å². The van der Waals surface area contributed by atoms with E-state index in [1.807, 2.05) is 6.07 Å². The second kappa shape index (κ2) is 6.76. The molecule has 2 nitrogen and oxygen atoms in total. The molecule has 1 rings (SSSR count). The first-order valence-corrected chi connectivity index (χ1v) is 3.65. The summed E-state index contributed by atoms with van der Waals surface area (Å²) in [5.41, 5.74) is 0.604. The zero-order valence-electron chi connectivity index (χ0n) is 6.91. The molecular formula is C9H12N2. The van der Waals surface area contributed by atoms with E-state index in [4.69, 9.17) is 5.26 Å². The second-order valence-electron chi connectivity index (χ2n) is 2.06. The van der Waals surface area contributed by atoms with Crippen molar-refractivity contribution < 1.29 is 0 Å². The van der Waals surface area contributed by atoms with Crippen LogP contribution in [0.25, 0.3) is 0 Å². The molecule has 1 heterocycles. The number of pyridine rings is 1. The fourth-order valence-electron chi connectivity index (χ4n) is 0.429. The Morgan fingerprint density at radius 3 is 2.45 bits per heavy atom. The maximum atomic E-state index is 8.25. The first-order chi connectivity index (χ1) is 5.35. The minimum absolute atomic E-state index is 0.604. The van der Waals surface area contributed by atoms with E-state index < -0.39 is 0 Å². The Morgan fingerprint density at radius 2 is 2.18 bits per heavy atom. The fourth-order valence-corrected chi connectivity index (χ4v) is 0.429. The van der Waals surface area contributed by atoms with Gasteiger partial charge >= 0.3 is 0 Å². The van der Waals surface area contributed by atoms with Gasteiger partial charge in [0.15, 0.2) is 0 Å². The Kier molecular flexibility index (Phi) is 5.92. The van der Waals surface area contributed by atoms with Crippen molar-refractivity contribution in [3.05, 3.63) is 30.1 Å². The second-order valence-corrected chi connectivity index (χ2v) is 2.06. The molecule has 0 aromatic carbocycles. The molecular weight excluding hydrogens is 136 g/mol. The van der Waals surface area contributed by atoms with Gasteiger partial charge in [-0.05, 0) is 12.1 Å². The molecule has 0 radical (unpaired) electrons. The van der Waals surface area contributed by atoms with E-state index in [0.29, 0.717) is 5.56 Å². The molecule has 0 aliphatic carbocycles. The Labute approximate surface area is 67.5 Å². The van der Waals surface area contributed by atoms with Gasteiger partial charge in [0.1, 0.15) is 6.07 Å². The van der Waals surface area contributed by atoms with E-state index in [-0.39, 0.29) is 0 Å². The first-order valence-electron chi connectivity index (χ1n) is 3.65. The molecule has 11 heavy (non-hydrogen) atoms. The third-order valence-corrected chi connectivity index (χ3v) is 0.791. The van der Waals surface area contributed by atoms with Crippen molar-refractivity contribution in [2.45, 2.75) is 20.3 Å². The van der Waals surface area contributed by atoms with Crippen molar-refractivity contribution in [1.29, 1.82) is 5.26 Å². The molecule has 0 atom stereocenters. The summed E-state index contributed by atoms with van der Waals surface area (Å²) in [4.78, 5) is 3.73. The highest BCUT2D eigenvalue weighted by Crippen LogP contribution is 1.89. The summed E-state index contributed by atoms with van der Waals surface area (Å²) in [5.74, 6) is 0. The lowest BCUT2D eigenvalue weighted by Crippen LogP contribution is -1.72. The van der Waals surface area contributed by atoms with Crippen molar-refractivity contribution in [1.82, 2.24) is 4.98 Å². The van der Waals surface area contributed by atoms with Crippen LogP contribution in [0.15, 0.2) is 24.5 Å². The van der Waals surface area contributed by atoms with Crippen molar-refractivity contribution in [3.8, 4) is 6.07 Å². The molecule has 2 heteroatoms. The van der Waals surface area contributed by atoms with Gasteiger partial charge in [0.05, 0.1) is 5.56 Å². The lowest BCUT2D eigenvalue weighted by molar-refractivity contribution is 1.09. The molecule has 0 unspecified atom stereocenters. The average Bonchev–Trinajstić information content (AvgIpc) is 2.08. The molecule has 0 spiro atoms. The molecule has 0 N–H and O–H groups in total. The minimum Gasteiger partial charge on any atom is -0.263 e. The van der Waals surface area contributed by atoms with E-state index in [0.717, 1.165) is 0 Å². The van der Waals surface area contributed by atoms with Crippen LogP contribution in [0.2, 0.25) is 0 Å². The highest BCUT2D eigenvalue weighted by molar-refractivity contribution is 5.23. The summed E-state index contributed by atoms with van der Waals surface area (Å²) in [6, 6.07) is 5.41. The Balaban J connectivity index is 0.000000292. The average molecular weight is 148 g/mol. The largest absolute Gasteiger partial charge is 0.263 e. The SMILES string of the molecule is CCC.N#Cc1cccnc1. The van der Waals surface area contributed by atoms with E-state index in [1.54, 1.807) is 18.3 Å². The summed E-state index contributed by atoms with van der Waals surface area (Å²) in [6.07, 6.45) is 4.42. The molecule has 0 bridgehead atoms. The quantitative estimate of drug-likeness (QED) is 0.566. The number of hydrogen-bond donors (Lipinski definition) is 0. The number of rotatable bonds is 0. The summed E-state index contributed by atoms with van der Waals surface area (Å²) in [7, 11) is 0. The molecule has 0 amide bonds. The third kappa shape index (κ3) is 5.10. The fraction of sp³-hybridized carbons (Fsp3) is 0.333. The van der Waals surface area contributed by atoms with Crippen molar-refractivity contribution in [2.24, 2.45) is 0 Å². The minimum atomic E-state index is 0.604. The monoisotopic (exact) mass is 148 g/mol. The summed E-state index contributed by atoms with van der Waals surface area (Å²) in [6.45, 7) is 4.25. The van der Waals surface area contributed by atoms with Crippen LogP contribution in [0.5, 0.6) is 0 Å². The number of hydrogen-bond acceptors (Lipinski definition) is 2. The lowest BCUT2D eigenvalue weighted by atomic mass is 10.3. The van der Waals surface area contributed by atoms with E-state index in [2.05, 4.69) is 18.8 Å². The van der Waals surface area contributed by atoms with Crippen LogP contribution in [0, 0.1) is 11.3 Å². The molecule has 1 aromatic heterocycles. The smallest absolute Gasteiger partial charge is 0.101 e. The predicted octanol–water partition coefficient (Wildman–Crippen LogP) is 2.37. The molecule has 0 saturated carbocycles. The van der Waals surface area contributed by atoms with Gasteiger partial charge in [-0.3, -0.25) is 4.98 Å². The van der Waals surface area contributed by atoms with Gasteiger partial charge in [-0.1, -0.05) is 20.3 Å². The van der Waals surface area contributed by atoms with Gasteiger partial charge in [-0.15, -0.1) is 0 Å².